The van der Waals surface area contributed by atoms with E-state index in [1.165, 1.54) is 0 Å². The number of hydrogen-bond donors (Lipinski definition) is 1. The Bertz CT molecular complexity index is 506. The number of alkyl halides is 1. The van der Waals surface area contributed by atoms with E-state index in [1.54, 1.807) is 0 Å². The first-order valence-corrected chi connectivity index (χ1v) is 7.81. The molecule has 0 fully saturated rings. The van der Waals surface area contributed by atoms with Gasteiger partial charge in [0.15, 0.2) is 0 Å². The minimum absolute atomic E-state index is 0.217. The Balaban J connectivity index is 2.69. The fourth-order valence-corrected chi connectivity index (χ4v) is 2.82. The van der Waals surface area contributed by atoms with Gasteiger partial charge in [-0.3, -0.25) is 0 Å². The van der Waals surface area contributed by atoms with E-state index in [-0.39, 0.29) is 6.54 Å². The number of rotatable bonds is 6. The third-order valence-corrected chi connectivity index (χ3v) is 4.21. The molecule has 1 rings (SSSR count). The Morgan fingerprint density at radius 2 is 2.06 bits per heavy atom. The van der Waals surface area contributed by atoms with E-state index in [1.807, 2.05) is 6.92 Å². The molecule has 0 saturated carbocycles. The molecule has 0 heterocycles. The van der Waals surface area contributed by atoms with Crippen LogP contribution in [0.5, 0.6) is 0 Å². The van der Waals surface area contributed by atoms with Crippen LogP contribution in [0.2, 0.25) is 0 Å². The molecule has 1 N–H and O–H groups in total. The molecular weight excluding hydrogens is 328 g/mol. The lowest BCUT2D eigenvalue weighted by Crippen LogP contribution is -2.26. The van der Waals surface area contributed by atoms with Crippen LogP contribution in [0.25, 0.3) is 0 Å². The van der Waals surface area contributed by atoms with Crippen molar-refractivity contribution in [3.8, 4) is 0 Å². The van der Waals surface area contributed by atoms with Crippen molar-refractivity contribution in [2.75, 3.05) is 6.54 Å². The van der Waals surface area contributed by atoms with Gasteiger partial charge in [-0.15, -0.1) is 0 Å². The molecule has 3 nitrogen and oxygen atoms in total. The van der Waals surface area contributed by atoms with Gasteiger partial charge in [0.05, 0.1) is 0 Å². The molecule has 1 atom stereocenters. The Morgan fingerprint density at radius 3 is 2.61 bits per heavy atom. The first-order valence-electron chi connectivity index (χ1n) is 5.41. The maximum atomic E-state index is 13.3. The zero-order valence-corrected chi connectivity index (χ0v) is 12.2. The van der Waals surface area contributed by atoms with Crippen LogP contribution in [0.1, 0.15) is 19.8 Å². The SMILES string of the molecule is CC(Br)CCCNS(=O)(=O)c1ccc(F)cc1F. The van der Waals surface area contributed by atoms with Crippen LogP contribution >= 0.6 is 15.9 Å². The summed E-state index contributed by atoms with van der Waals surface area (Å²) >= 11 is 3.34. The molecule has 0 aromatic heterocycles. The summed E-state index contributed by atoms with van der Waals surface area (Å²) < 4.78 is 51.7. The number of sulfonamides is 1. The second-order valence-corrected chi connectivity index (χ2v) is 7.19. The van der Waals surface area contributed by atoms with E-state index < -0.39 is 26.6 Å². The van der Waals surface area contributed by atoms with Crippen LogP contribution in [0.4, 0.5) is 8.78 Å². The summed E-state index contributed by atoms with van der Waals surface area (Å²) in [6.07, 6.45) is 1.43. The van der Waals surface area contributed by atoms with Gasteiger partial charge in [0.1, 0.15) is 16.5 Å². The quantitative estimate of drug-likeness (QED) is 0.638. The standard InChI is InChI=1S/C11H14BrF2NO2S/c1-8(12)3-2-6-15-18(16,17)11-5-4-9(13)7-10(11)14/h4-5,7-8,15H,2-3,6H2,1H3. The van der Waals surface area contributed by atoms with Gasteiger partial charge in [0.25, 0.3) is 0 Å². The molecule has 0 spiro atoms. The summed E-state index contributed by atoms with van der Waals surface area (Å²) in [5.41, 5.74) is 0. The highest BCUT2D eigenvalue weighted by Gasteiger charge is 2.18. The summed E-state index contributed by atoms with van der Waals surface area (Å²) in [5, 5.41) is 0. The van der Waals surface area contributed by atoms with Gasteiger partial charge in [-0.2, -0.15) is 0 Å². The first-order chi connectivity index (χ1) is 8.33. The molecule has 7 heteroatoms. The normalized spacial score (nSPS) is 13.6. The molecule has 1 unspecified atom stereocenters. The first kappa shape index (κ1) is 15.5. The zero-order chi connectivity index (χ0) is 13.8. The maximum absolute atomic E-state index is 13.3. The summed E-state index contributed by atoms with van der Waals surface area (Å²) in [4.78, 5) is -0.236. The lowest BCUT2D eigenvalue weighted by molar-refractivity contribution is 0.541. The zero-order valence-electron chi connectivity index (χ0n) is 9.79. The summed E-state index contributed by atoms with van der Waals surface area (Å²) in [6, 6.07) is 2.38. The highest BCUT2D eigenvalue weighted by Crippen LogP contribution is 2.15. The average molecular weight is 342 g/mol. The molecular formula is C11H14BrF2NO2S. The van der Waals surface area contributed by atoms with Crippen LogP contribution in [-0.2, 0) is 10.0 Å². The van der Waals surface area contributed by atoms with Crippen LogP contribution in [0, 0.1) is 11.6 Å². The maximum Gasteiger partial charge on any atom is 0.243 e. The smallest absolute Gasteiger partial charge is 0.211 e. The molecule has 0 aliphatic rings. The van der Waals surface area contributed by atoms with Crippen molar-refractivity contribution in [2.45, 2.75) is 29.5 Å². The van der Waals surface area contributed by atoms with E-state index in [2.05, 4.69) is 20.7 Å². The summed E-state index contributed by atoms with van der Waals surface area (Å²) in [6.45, 7) is 2.17. The lowest BCUT2D eigenvalue weighted by atomic mass is 10.2. The highest BCUT2D eigenvalue weighted by atomic mass is 79.9. The van der Waals surface area contributed by atoms with Gasteiger partial charge in [-0.05, 0) is 25.0 Å². The molecule has 0 amide bonds. The molecule has 0 saturated heterocycles. The number of hydrogen-bond acceptors (Lipinski definition) is 2. The van der Waals surface area contributed by atoms with E-state index in [4.69, 9.17) is 0 Å². The van der Waals surface area contributed by atoms with Crippen molar-refractivity contribution in [2.24, 2.45) is 0 Å². The van der Waals surface area contributed by atoms with Crippen molar-refractivity contribution in [3.63, 3.8) is 0 Å². The monoisotopic (exact) mass is 341 g/mol. The Morgan fingerprint density at radius 1 is 1.39 bits per heavy atom. The predicted octanol–water partition coefficient (Wildman–Crippen LogP) is 2.81. The predicted molar refractivity (Wildman–Crippen MR) is 69.2 cm³/mol. The number of benzene rings is 1. The Hall–Kier alpha value is -0.530. The van der Waals surface area contributed by atoms with Crippen LogP contribution < -0.4 is 4.72 Å². The largest absolute Gasteiger partial charge is 0.243 e. The van der Waals surface area contributed by atoms with Gasteiger partial charge in [-0.25, -0.2) is 21.9 Å². The van der Waals surface area contributed by atoms with Crippen molar-refractivity contribution in [3.05, 3.63) is 29.8 Å². The Kier molecular flexibility index (Phi) is 5.68. The van der Waals surface area contributed by atoms with Gasteiger partial charge in [-0.1, -0.05) is 22.9 Å². The van der Waals surface area contributed by atoms with Crippen molar-refractivity contribution in [1.82, 2.24) is 4.72 Å². The molecule has 0 aliphatic heterocycles. The fraction of sp³-hybridized carbons (Fsp3) is 0.455. The number of halogens is 3. The third kappa shape index (κ3) is 4.62. The van der Waals surface area contributed by atoms with Gasteiger partial charge < -0.3 is 0 Å². The second-order valence-electron chi connectivity index (χ2n) is 3.90. The van der Waals surface area contributed by atoms with Crippen LogP contribution in [-0.4, -0.2) is 19.8 Å². The third-order valence-electron chi connectivity index (χ3n) is 2.25. The van der Waals surface area contributed by atoms with Crippen molar-refractivity contribution in [1.29, 1.82) is 0 Å². The minimum Gasteiger partial charge on any atom is -0.211 e. The van der Waals surface area contributed by atoms with E-state index in [0.29, 0.717) is 17.3 Å². The minimum atomic E-state index is -3.91. The fourth-order valence-electron chi connectivity index (χ4n) is 1.36. The van der Waals surface area contributed by atoms with Crippen LogP contribution in [0.15, 0.2) is 23.1 Å². The molecule has 102 valence electrons. The molecule has 0 bridgehead atoms. The van der Waals surface area contributed by atoms with Gasteiger partial charge >= 0.3 is 0 Å². The van der Waals surface area contributed by atoms with Crippen molar-refractivity contribution < 1.29 is 17.2 Å². The summed E-state index contributed by atoms with van der Waals surface area (Å²) in [7, 11) is -3.91. The Labute approximate surface area is 114 Å². The molecule has 18 heavy (non-hydrogen) atoms. The molecule has 0 radical (unpaired) electrons. The van der Waals surface area contributed by atoms with Gasteiger partial charge in [0.2, 0.25) is 10.0 Å². The second kappa shape index (κ2) is 6.58. The number of nitrogens with one attached hydrogen (secondary N) is 1. The molecule has 1 aromatic carbocycles. The lowest BCUT2D eigenvalue weighted by Gasteiger charge is -2.08. The molecule has 0 aliphatic carbocycles. The average Bonchev–Trinajstić information content (AvgIpc) is 2.23. The topological polar surface area (TPSA) is 46.2 Å². The van der Waals surface area contributed by atoms with E-state index in [0.717, 1.165) is 18.6 Å². The highest BCUT2D eigenvalue weighted by molar-refractivity contribution is 9.09. The summed E-state index contributed by atoms with van der Waals surface area (Å²) in [5.74, 6) is -1.89. The molecule has 1 aromatic rings. The van der Waals surface area contributed by atoms with E-state index in [9.17, 15) is 17.2 Å². The van der Waals surface area contributed by atoms with Crippen molar-refractivity contribution >= 4 is 26.0 Å². The van der Waals surface area contributed by atoms with Gasteiger partial charge in [0, 0.05) is 17.4 Å². The van der Waals surface area contributed by atoms with Crippen LogP contribution in [0.3, 0.4) is 0 Å². The van der Waals surface area contributed by atoms with E-state index >= 15 is 0 Å².